The second-order valence-corrected chi connectivity index (χ2v) is 4.07. The monoisotopic (exact) mass is 265 g/mol. The number of carbonyl (C=O) groups is 1. The van der Waals surface area contributed by atoms with Crippen molar-refractivity contribution < 1.29 is 4.79 Å². The SMILES string of the molecule is O=C(Nc1ccncc1)Nc1ccc2nccnc2c1. The van der Waals surface area contributed by atoms with E-state index in [9.17, 15) is 4.79 Å². The molecule has 1 aromatic carbocycles. The van der Waals surface area contributed by atoms with Crippen LogP contribution in [0.2, 0.25) is 0 Å². The average molecular weight is 265 g/mol. The highest BCUT2D eigenvalue weighted by Crippen LogP contribution is 2.15. The first-order valence-electron chi connectivity index (χ1n) is 6.00. The number of nitrogens with one attached hydrogen (secondary N) is 2. The zero-order valence-corrected chi connectivity index (χ0v) is 10.4. The van der Waals surface area contributed by atoms with E-state index in [1.807, 2.05) is 6.07 Å². The maximum Gasteiger partial charge on any atom is 0.323 e. The number of hydrogen-bond acceptors (Lipinski definition) is 4. The number of amides is 2. The van der Waals surface area contributed by atoms with E-state index in [0.29, 0.717) is 11.4 Å². The number of carbonyl (C=O) groups excluding carboxylic acids is 1. The fourth-order valence-corrected chi connectivity index (χ4v) is 1.77. The summed E-state index contributed by atoms with van der Waals surface area (Å²) < 4.78 is 0. The fraction of sp³-hybridized carbons (Fsp3) is 0. The highest BCUT2D eigenvalue weighted by Gasteiger charge is 2.03. The van der Waals surface area contributed by atoms with Crippen LogP contribution in [0.4, 0.5) is 16.2 Å². The van der Waals surface area contributed by atoms with Crippen LogP contribution in [0.15, 0.2) is 55.1 Å². The Labute approximate surface area is 114 Å². The van der Waals surface area contributed by atoms with Gasteiger partial charge in [0, 0.05) is 36.2 Å². The second kappa shape index (κ2) is 5.31. The smallest absolute Gasteiger partial charge is 0.308 e. The molecule has 0 atom stereocenters. The standard InChI is InChI=1S/C14H11N5O/c20-14(18-10-3-5-15-6-4-10)19-11-1-2-12-13(9-11)17-8-7-16-12/h1-9H,(H2,15,18,19,20). The van der Waals surface area contributed by atoms with E-state index in [-0.39, 0.29) is 6.03 Å². The van der Waals surface area contributed by atoms with Gasteiger partial charge in [-0.15, -0.1) is 0 Å². The molecule has 6 nitrogen and oxygen atoms in total. The number of pyridine rings is 1. The third-order valence-electron chi connectivity index (χ3n) is 2.67. The number of rotatable bonds is 2. The number of anilines is 2. The van der Waals surface area contributed by atoms with Gasteiger partial charge in [-0.2, -0.15) is 0 Å². The van der Waals surface area contributed by atoms with Crippen LogP contribution in [-0.4, -0.2) is 21.0 Å². The van der Waals surface area contributed by atoms with Gasteiger partial charge < -0.3 is 10.6 Å². The summed E-state index contributed by atoms with van der Waals surface area (Å²) in [7, 11) is 0. The first-order valence-corrected chi connectivity index (χ1v) is 6.00. The molecule has 6 heteroatoms. The van der Waals surface area contributed by atoms with E-state index < -0.39 is 0 Å². The molecule has 0 fully saturated rings. The molecule has 0 saturated carbocycles. The first-order chi connectivity index (χ1) is 9.81. The molecule has 0 aliphatic heterocycles. The van der Waals surface area contributed by atoms with Crippen LogP contribution in [-0.2, 0) is 0 Å². The Balaban J connectivity index is 1.74. The lowest BCUT2D eigenvalue weighted by molar-refractivity contribution is 0.262. The van der Waals surface area contributed by atoms with Gasteiger partial charge in [-0.05, 0) is 30.3 Å². The average Bonchev–Trinajstić information content (AvgIpc) is 2.48. The highest BCUT2D eigenvalue weighted by molar-refractivity contribution is 6.00. The largest absolute Gasteiger partial charge is 0.323 e. The van der Waals surface area contributed by atoms with E-state index in [0.717, 1.165) is 11.0 Å². The van der Waals surface area contributed by atoms with Gasteiger partial charge in [0.15, 0.2) is 0 Å². The molecule has 0 saturated heterocycles. The van der Waals surface area contributed by atoms with Crippen molar-refractivity contribution in [1.82, 2.24) is 15.0 Å². The van der Waals surface area contributed by atoms with Gasteiger partial charge in [-0.1, -0.05) is 0 Å². The molecule has 3 rings (SSSR count). The summed E-state index contributed by atoms with van der Waals surface area (Å²) in [5.41, 5.74) is 2.85. The Kier molecular flexibility index (Phi) is 3.20. The molecule has 0 unspecified atom stereocenters. The molecule has 0 radical (unpaired) electrons. The van der Waals surface area contributed by atoms with E-state index in [2.05, 4.69) is 25.6 Å². The van der Waals surface area contributed by atoms with Gasteiger partial charge in [0.05, 0.1) is 11.0 Å². The Morgan fingerprint density at radius 2 is 1.50 bits per heavy atom. The second-order valence-electron chi connectivity index (χ2n) is 4.07. The molecule has 2 N–H and O–H groups in total. The van der Waals surface area contributed by atoms with Crippen molar-refractivity contribution in [2.75, 3.05) is 10.6 Å². The van der Waals surface area contributed by atoms with Crippen LogP contribution in [0.25, 0.3) is 11.0 Å². The molecule has 0 aliphatic rings. The van der Waals surface area contributed by atoms with Crippen molar-refractivity contribution in [2.45, 2.75) is 0 Å². The lowest BCUT2D eigenvalue weighted by Gasteiger charge is -2.07. The summed E-state index contributed by atoms with van der Waals surface area (Å²) in [6.45, 7) is 0. The van der Waals surface area contributed by atoms with E-state index in [1.165, 1.54) is 0 Å². The number of fused-ring (bicyclic) bond motifs is 1. The van der Waals surface area contributed by atoms with Gasteiger partial charge >= 0.3 is 6.03 Å². The summed E-state index contributed by atoms with van der Waals surface area (Å²) in [4.78, 5) is 24.1. The topological polar surface area (TPSA) is 79.8 Å². The zero-order chi connectivity index (χ0) is 13.8. The molecule has 0 spiro atoms. The highest BCUT2D eigenvalue weighted by atomic mass is 16.2. The van der Waals surface area contributed by atoms with Crippen molar-refractivity contribution in [2.24, 2.45) is 0 Å². The van der Waals surface area contributed by atoms with E-state index in [1.54, 1.807) is 49.1 Å². The van der Waals surface area contributed by atoms with E-state index >= 15 is 0 Å². The Hall–Kier alpha value is -3.02. The number of hydrogen-bond donors (Lipinski definition) is 2. The van der Waals surface area contributed by atoms with Crippen molar-refractivity contribution in [3.05, 3.63) is 55.1 Å². The van der Waals surface area contributed by atoms with Crippen molar-refractivity contribution in [3.8, 4) is 0 Å². The summed E-state index contributed by atoms with van der Waals surface area (Å²) in [5, 5.41) is 5.46. The predicted molar refractivity (Wildman–Crippen MR) is 76.4 cm³/mol. The number of benzene rings is 1. The molecule has 3 aromatic rings. The van der Waals surface area contributed by atoms with Gasteiger partial charge in [0.2, 0.25) is 0 Å². The predicted octanol–water partition coefficient (Wildman–Crippen LogP) is 2.67. The summed E-state index contributed by atoms with van der Waals surface area (Å²) >= 11 is 0. The van der Waals surface area contributed by atoms with Crippen LogP contribution in [0.5, 0.6) is 0 Å². The lowest BCUT2D eigenvalue weighted by Crippen LogP contribution is -2.19. The van der Waals surface area contributed by atoms with Crippen molar-refractivity contribution in [3.63, 3.8) is 0 Å². The Morgan fingerprint density at radius 1 is 0.800 bits per heavy atom. The number of aromatic nitrogens is 3. The van der Waals surface area contributed by atoms with Crippen molar-refractivity contribution >= 4 is 28.4 Å². The zero-order valence-electron chi connectivity index (χ0n) is 10.4. The van der Waals surface area contributed by atoms with Crippen LogP contribution in [0, 0.1) is 0 Å². The van der Waals surface area contributed by atoms with E-state index in [4.69, 9.17) is 0 Å². The molecule has 2 heterocycles. The number of urea groups is 1. The molecule has 0 bridgehead atoms. The molecule has 20 heavy (non-hydrogen) atoms. The quantitative estimate of drug-likeness (QED) is 0.746. The maximum atomic E-state index is 11.8. The lowest BCUT2D eigenvalue weighted by atomic mass is 10.2. The minimum absolute atomic E-state index is 0.320. The normalized spacial score (nSPS) is 10.2. The summed E-state index contributed by atoms with van der Waals surface area (Å²) in [6, 6.07) is 8.47. The Bertz CT molecular complexity index is 745. The number of nitrogens with zero attached hydrogens (tertiary/aromatic N) is 3. The third-order valence-corrected chi connectivity index (χ3v) is 2.67. The third kappa shape index (κ3) is 2.69. The van der Waals surface area contributed by atoms with Crippen LogP contribution >= 0.6 is 0 Å². The van der Waals surface area contributed by atoms with Crippen LogP contribution in [0.1, 0.15) is 0 Å². The fourth-order valence-electron chi connectivity index (χ4n) is 1.77. The van der Waals surface area contributed by atoms with Gasteiger partial charge in [0.25, 0.3) is 0 Å². The summed E-state index contributed by atoms with van der Waals surface area (Å²) in [6.07, 6.45) is 6.47. The van der Waals surface area contributed by atoms with Crippen molar-refractivity contribution in [1.29, 1.82) is 0 Å². The summed E-state index contributed by atoms with van der Waals surface area (Å²) in [5.74, 6) is 0. The van der Waals surface area contributed by atoms with Gasteiger partial charge in [0.1, 0.15) is 0 Å². The molecule has 2 amide bonds. The molecule has 98 valence electrons. The maximum absolute atomic E-state index is 11.8. The molecule has 0 aliphatic carbocycles. The van der Waals surface area contributed by atoms with Gasteiger partial charge in [-0.25, -0.2) is 4.79 Å². The van der Waals surface area contributed by atoms with Crippen LogP contribution < -0.4 is 10.6 Å². The minimum Gasteiger partial charge on any atom is -0.308 e. The molecule has 2 aromatic heterocycles. The first kappa shape index (κ1) is 12.0. The Morgan fingerprint density at radius 3 is 2.30 bits per heavy atom. The van der Waals surface area contributed by atoms with Gasteiger partial charge in [-0.3, -0.25) is 15.0 Å². The molecular formula is C14H11N5O. The van der Waals surface area contributed by atoms with Crippen LogP contribution in [0.3, 0.4) is 0 Å². The molecular weight excluding hydrogens is 254 g/mol. The minimum atomic E-state index is -0.320.